The van der Waals surface area contributed by atoms with E-state index in [0.29, 0.717) is 35.8 Å². The van der Waals surface area contributed by atoms with Gasteiger partial charge in [-0.25, -0.2) is 4.79 Å². The Balaban J connectivity index is 1.94. The third-order valence-electron chi connectivity index (χ3n) is 5.60. The first-order valence-electron chi connectivity index (χ1n) is 11.3. The average molecular weight is 504 g/mol. The van der Waals surface area contributed by atoms with Crippen LogP contribution in [0.2, 0.25) is 0 Å². The minimum absolute atomic E-state index is 0.00351. The summed E-state index contributed by atoms with van der Waals surface area (Å²) in [5.41, 5.74) is 0.307. The fourth-order valence-corrected chi connectivity index (χ4v) is 3.70. The van der Waals surface area contributed by atoms with Gasteiger partial charge >= 0.3 is 12.3 Å². The van der Waals surface area contributed by atoms with Crippen molar-refractivity contribution in [2.45, 2.75) is 45.5 Å². The van der Waals surface area contributed by atoms with Gasteiger partial charge in [-0.15, -0.1) is 0 Å². The molecule has 36 heavy (non-hydrogen) atoms. The number of nitrogens with one attached hydrogen (secondary N) is 1. The largest absolute Gasteiger partial charge is 0.491 e. The van der Waals surface area contributed by atoms with Gasteiger partial charge in [0.25, 0.3) is 0 Å². The maximum atomic E-state index is 13.0. The highest BCUT2D eigenvalue weighted by molar-refractivity contribution is 5.95. The number of rotatable bonds is 8. The monoisotopic (exact) mass is 503 g/mol. The predicted molar refractivity (Wildman–Crippen MR) is 130 cm³/mol. The Morgan fingerprint density at radius 3 is 2.33 bits per heavy atom. The number of benzene rings is 2. The number of methoxy groups -OCH3 is 1. The third-order valence-corrected chi connectivity index (χ3v) is 5.60. The van der Waals surface area contributed by atoms with Crippen molar-refractivity contribution in [3.63, 3.8) is 0 Å². The Morgan fingerprint density at radius 2 is 1.78 bits per heavy atom. The first-order chi connectivity index (χ1) is 16.9. The van der Waals surface area contributed by atoms with Crippen LogP contribution in [0.4, 0.5) is 23.7 Å². The standard InChI is InChI=1S/C26H28F3N3O4/c1-16(2)32-22-14-19(35-13-12-34-5)10-11-20(22)21(15-30)23(32)17-6-8-18(9-7-17)31-24(33)36-25(3,4)26(27,28)29/h6-11,14,16H,12-13H2,1-5H3,(H,31,33). The Bertz CT molecular complexity index is 1270. The number of nitriles is 1. The number of carbonyl (C=O) groups is 1. The fourth-order valence-electron chi connectivity index (χ4n) is 3.70. The fraction of sp³-hybridized carbons (Fsp3) is 0.385. The third kappa shape index (κ3) is 5.57. The summed E-state index contributed by atoms with van der Waals surface area (Å²) < 4.78 is 56.3. The number of ether oxygens (including phenoxy) is 3. The van der Waals surface area contributed by atoms with E-state index in [1.807, 2.05) is 30.5 Å². The van der Waals surface area contributed by atoms with Crippen LogP contribution in [-0.2, 0) is 9.47 Å². The SMILES string of the molecule is COCCOc1ccc2c(C#N)c(-c3ccc(NC(=O)OC(C)(C)C(F)(F)F)cc3)n(C(C)C)c2c1. The zero-order valence-electron chi connectivity index (χ0n) is 20.7. The van der Waals surface area contributed by atoms with Gasteiger partial charge < -0.3 is 18.8 Å². The summed E-state index contributed by atoms with van der Waals surface area (Å²) in [5, 5.41) is 13.1. The Morgan fingerprint density at radius 1 is 1.11 bits per heavy atom. The molecule has 3 aromatic rings. The molecule has 0 aliphatic heterocycles. The summed E-state index contributed by atoms with van der Waals surface area (Å²) in [6.07, 6.45) is -5.93. The Labute approximate surface area is 207 Å². The molecule has 0 fully saturated rings. The van der Waals surface area contributed by atoms with Gasteiger partial charge in [0.1, 0.15) is 18.4 Å². The van der Waals surface area contributed by atoms with Crippen molar-refractivity contribution in [3.05, 3.63) is 48.0 Å². The topological polar surface area (TPSA) is 85.5 Å². The summed E-state index contributed by atoms with van der Waals surface area (Å²) in [6.45, 7) is 6.38. The van der Waals surface area contributed by atoms with E-state index in [2.05, 4.69) is 16.1 Å². The first-order valence-corrected chi connectivity index (χ1v) is 11.3. The lowest BCUT2D eigenvalue weighted by atomic mass is 10.1. The van der Waals surface area contributed by atoms with E-state index < -0.39 is 17.9 Å². The van der Waals surface area contributed by atoms with Crippen molar-refractivity contribution in [2.24, 2.45) is 0 Å². The predicted octanol–water partition coefficient (Wildman–Crippen LogP) is 6.68. The van der Waals surface area contributed by atoms with E-state index in [4.69, 9.17) is 9.47 Å². The molecule has 0 bridgehead atoms. The number of nitrogens with zero attached hydrogens (tertiary/aromatic N) is 2. The molecule has 0 radical (unpaired) electrons. The van der Waals surface area contributed by atoms with Gasteiger partial charge in [0.2, 0.25) is 5.60 Å². The lowest BCUT2D eigenvalue weighted by Gasteiger charge is -2.27. The molecule has 0 saturated carbocycles. The number of anilines is 1. The molecular formula is C26H28F3N3O4. The van der Waals surface area contributed by atoms with Crippen LogP contribution in [-0.4, -0.2) is 42.8 Å². The molecule has 0 saturated heterocycles. The molecule has 0 unspecified atom stereocenters. The molecule has 0 aliphatic carbocycles. The van der Waals surface area contributed by atoms with Crippen LogP contribution in [0.25, 0.3) is 22.2 Å². The van der Waals surface area contributed by atoms with Crippen LogP contribution in [0.5, 0.6) is 5.75 Å². The van der Waals surface area contributed by atoms with Gasteiger partial charge in [0.05, 0.1) is 23.4 Å². The number of hydrogen-bond donors (Lipinski definition) is 1. The first kappa shape index (κ1) is 26.9. The zero-order chi connectivity index (χ0) is 26.7. The molecule has 10 heteroatoms. The van der Waals surface area contributed by atoms with E-state index >= 15 is 0 Å². The highest BCUT2D eigenvalue weighted by Gasteiger charge is 2.50. The molecule has 7 nitrogen and oxygen atoms in total. The van der Waals surface area contributed by atoms with E-state index in [9.17, 15) is 23.2 Å². The number of carbonyl (C=O) groups excluding carboxylic acids is 1. The molecule has 0 aliphatic rings. The number of halogens is 3. The number of amides is 1. The summed E-state index contributed by atoms with van der Waals surface area (Å²) in [7, 11) is 1.59. The second-order valence-electron chi connectivity index (χ2n) is 8.92. The summed E-state index contributed by atoms with van der Waals surface area (Å²) in [5.74, 6) is 0.648. The number of fused-ring (bicyclic) bond motifs is 1. The molecule has 1 aromatic heterocycles. The van der Waals surface area contributed by atoms with E-state index in [0.717, 1.165) is 24.8 Å². The quantitative estimate of drug-likeness (QED) is 0.347. The molecule has 1 heterocycles. The minimum Gasteiger partial charge on any atom is -0.491 e. The van der Waals surface area contributed by atoms with E-state index in [1.165, 1.54) is 0 Å². The van der Waals surface area contributed by atoms with Crippen LogP contribution in [0.3, 0.4) is 0 Å². The maximum Gasteiger partial charge on any atom is 0.427 e. The second kappa shape index (κ2) is 10.5. The van der Waals surface area contributed by atoms with Crippen molar-refractivity contribution in [3.8, 4) is 23.1 Å². The molecule has 192 valence electrons. The van der Waals surface area contributed by atoms with Gasteiger partial charge in [-0.1, -0.05) is 12.1 Å². The lowest BCUT2D eigenvalue weighted by molar-refractivity contribution is -0.242. The van der Waals surface area contributed by atoms with Crippen molar-refractivity contribution in [2.75, 3.05) is 25.6 Å². The van der Waals surface area contributed by atoms with Gasteiger partial charge in [0, 0.05) is 30.3 Å². The minimum atomic E-state index is -4.71. The highest BCUT2D eigenvalue weighted by Crippen LogP contribution is 2.38. The number of hydrogen-bond acceptors (Lipinski definition) is 5. The zero-order valence-corrected chi connectivity index (χ0v) is 20.7. The molecule has 1 amide bonds. The van der Waals surface area contributed by atoms with E-state index in [1.54, 1.807) is 37.4 Å². The highest BCUT2D eigenvalue weighted by atomic mass is 19.4. The van der Waals surface area contributed by atoms with Crippen LogP contribution in [0.15, 0.2) is 42.5 Å². The number of alkyl halides is 3. The number of aromatic nitrogens is 1. The maximum absolute atomic E-state index is 13.0. The Hall–Kier alpha value is -3.71. The molecule has 0 spiro atoms. The van der Waals surface area contributed by atoms with Gasteiger partial charge in [-0.3, -0.25) is 5.32 Å². The lowest BCUT2D eigenvalue weighted by Crippen LogP contribution is -2.44. The summed E-state index contributed by atoms with van der Waals surface area (Å²) >= 11 is 0. The van der Waals surface area contributed by atoms with Crippen LogP contribution < -0.4 is 10.1 Å². The average Bonchev–Trinajstić information content (AvgIpc) is 3.12. The molecule has 0 atom stereocenters. The van der Waals surface area contributed by atoms with Crippen molar-refractivity contribution in [1.29, 1.82) is 5.26 Å². The van der Waals surface area contributed by atoms with Gasteiger partial charge in [0.15, 0.2) is 0 Å². The summed E-state index contributed by atoms with van der Waals surface area (Å²) in [6, 6.07) is 14.3. The van der Waals surface area contributed by atoms with Crippen LogP contribution in [0.1, 0.15) is 39.3 Å². The van der Waals surface area contributed by atoms with Crippen LogP contribution >= 0.6 is 0 Å². The molecule has 2 aromatic carbocycles. The second-order valence-corrected chi connectivity index (χ2v) is 8.92. The van der Waals surface area contributed by atoms with Gasteiger partial charge in [-0.05, 0) is 57.5 Å². The van der Waals surface area contributed by atoms with Gasteiger partial charge in [-0.2, -0.15) is 18.4 Å². The molecular weight excluding hydrogens is 475 g/mol. The van der Waals surface area contributed by atoms with Crippen molar-refractivity contribution in [1.82, 2.24) is 4.57 Å². The normalized spacial score (nSPS) is 12.0. The van der Waals surface area contributed by atoms with E-state index in [-0.39, 0.29) is 11.7 Å². The van der Waals surface area contributed by atoms with Crippen LogP contribution in [0, 0.1) is 11.3 Å². The Kier molecular flexibility index (Phi) is 7.84. The smallest absolute Gasteiger partial charge is 0.427 e. The van der Waals surface area contributed by atoms with Crippen molar-refractivity contribution < 1.29 is 32.2 Å². The molecule has 3 rings (SSSR count). The summed E-state index contributed by atoms with van der Waals surface area (Å²) in [4.78, 5) is 12.0. The van der Waals surface area contributed by atoms with Crippen molar-refractivity contribution >= 4 is 22.7 Å². The molecule has 1 N–H and O–H groups in total.